The van der Waals surface area contributed by atoms with Gasteiger partial charge in [0.05, 0.1) is 18.7 Å². The van der Waals surface area contributed by atoms with Gasteiger partial charge < -0.3 is 20.2 Å². The van der Waals surface area contributed by atoms with Crippen LogP contribution in [0.3, 0.4) is 0 Å². The minimum Gasteiger partial charge on any atom is -0.394 e. The number of aliphatic hydroxyl groups excluding tert-OH is 1. The van der Waals surface area contributed by atoms with Gasteiger partial charge in [0.15, 0.2) is 0 Å². The summed E-state index contributed by atoms with van der Waals surface area (Å²) >= 11 is 0. The maximum Gasteiger partial charge on any atom is 0.134 e. The molecule has 0 aliphatic carbocycles. The Morgan fingerprint density at radius 2 is 2.08 bits per heavy atom. The van der Waals surface area contributed by atoms with E-state index < -0.39 is 0 Å². The number of rotatable bonds is 7. The maximum absolute atomic E-state index is 13.2. The van der Waals surface area contributed by atoms with Gasteiger partial charge >= 0.3 is 0 Å². The molecule has 1 saturated heterocycles. The van der Waals surface area contributed by atoms with Crippen molar-refractivity contribution in [1.29, 1.82) is 0 Å². The number of anilines is 2. The Balaban J connectivity index is 1.70. The number of aromatic nitrogens is 2. The van der Waals surface area contributed by atoms with E-state index in [0.29, 0.717) is 6.54 Å². The van der Waals surface area contributed by atoms with Gasteiger partial charge in [-0.1, -0.05) is 12.1 Å². The highest BCUT2D eigenvalue weighted by atomic mass is 19.1. The maximum atomic E-state index is 13.2. The molecule has 1 fully saturated rings. The number of halogens is 1. The first-order valence-corrected chi connectivity index (χ1v) is 8.94. The standard InChI is InChI=1S/C19H26FN5O/c1-24(2)17(14-5-7-15(20)8-6-14)11-21-18-10-19(23-13-22-18)25-9-3-4-16(25)12-26/h5-8,10,13,16-17,26H,3-4,9,11-12H2,1-2H3,(H,21,22,23). The number of nitrogens with one attached hydrogen (secondary N) is 1. The minimum absolute atomic E-state index is 0.0889. The van der Waals surface area contributed by atoms with Crippen molar-refractivity contribution in [2.45, 2.75) is 24.9 Å². The number of benzene rings is 1. The highest BCUT2D eigenvalue weighted by molar-refractivity contribution is 5.50. The zero-order valence-electron chi connectivity index (χ0n) is 15.3. The Kier molecular flexibility index (Phi) is 6.00. The van der Waals surface area contributed by atoms with Crippen LogP contribution in [-0.4, -0.2) is 59.8 Å². The second-order valence-electron chi connectivity index (χ2n) is 6.85. The van der Waals surface area contributed by atoms with E-state index in [0.717, 1.165) is 36.6 Å². The molecule has 1 aromatic heterocycles. The van der Waals surface area contributed by atoms with Gasteiger partial charge in [0.1, 0.15) is 23.8 Å². The average Bonchev–Trinajstić information content (AvgIpc) is 3.12. The fourth-order valence-corrected chi connectivity index (χ4v) is 3.41. The van der Waals surface area contributed by atoms with Crippen LogP contribution in [0, 0.1) is 5.82 Å². The van der Waals surface area contributed by atoms with Gasteiger partial charge in [-0.3, -0.25) is 0 Å². The van der Waals surface area contributed by atoms with Crippen LogP contribution in [0.15, 0.2) is 36.7 Å². The molecule has 1 aliphatic heterocycles. The van der Waals surface area contributed by atoms with Crippen LogP contribution < -0.4 is 10.2 Å². The molecule has 2 aromatic rings. The second-order valence-corrected chi connectivity index (χ2v) is 6.85. The molecular formula is C19H26FN5O. The first kappa shape index (κ1) is 18.5. The van der Waals surface area contributed by atoms with Crippen LogP contribution in [0.25, 0.3) is 0 Å². The molecule has 26 heavy (non-hydrogen) atoms. The van der Waals surface area contributed by atoms with E-state index in [2.05, 4.69) is 25.1 Å². The Labute approximate surface area is 153 Å². The summed E-state index contributed by atoms with van der Waals surface area (Å²) in [5, 5.41) is 12.9. The second kappa shape index (κ2) is 8.42. The van der Waals surface area contributed by atoms with Gasteiger partial charge in [-0.2, -0.15) is 0 Å². The van der Waals surface area contributed by atoms with E-state index >= 15 is 0 Å². The molecule has 0 amide bonds. The van der Waals surface area contributed by atoms with Gasteiger partial charge in [0, 0.05) is 19.2 Å². The number of aliphatic hydroxyl groups is 1. The summed E-state index contributed by atoms with van der Waals surface area (Å²) in [7, 11) is 3.99. The van der Waals surface area contributed by atoms with Crippen LogP contribution in [0.1, 0.15) is 24.4 Å². The van der Waals surface area contributed by atoms with Gasteiger partial charge in [0.2, 0.25) is 0 Å². The third kappa shape index (κ3) is 4.28. The molecule has 6 nitrogen and oxygen atoms in total. The van der Waals surface area contributed by atoms with Crippen LogP contribution in [0.5, 0.6) is 0 Å². The molecule has 0 radical (unpaired) electrons. The zero-order valence-corrected chi connectivity index (χ0v) is 15.3. The fourth-order valence-electron chi connectivity index (χ4n) is 3.41. The summed E-state index contributed by atoms with van der Waals surface area (Å²) in [6.07, 6.45) is 3.59. The highest BCUT2D eigenvalue weighted by Gasteiger charge is 2.25. The number of nitrogens with zero attached hydrogens (tertiary/aromatic N) is 4. The summed E-state index contributed by atoms with van der Waals surface area (Å²) in [4.78, 5) is 12.9. The topological polar surface area (TPSA) is 64.5 Å². The molecule has 0 saturated carbocycles. The van der Waals surface area contributed by atoms with E-state index in [1.807, 2.05) is 32.3 Å². The van der Waals surface area contributed by atoms with Crippen LogP contribution in [0.4, 0.5) is 16.0 Å². The van der Waals surface area contributed by atoms with Crippen molar-refractivity contribution in [3.05, 3.63) is 48.0 Å². The summed E-state index contributed by atoms with van der Waals surface area (Å²) in [6, 6.07) is 8.73. The lowest BCUT2D eigenvalue weighted by Crippen LogP contribution is -2.33. The summed E-state index contributed by atoms with van der Waals surface area (Å²) in [6.45, 7) is 1.68. The first-order chi connectivity index (χ1) is 12.6. The number of hydrogen-bond acceptors (Lipinski definition) is 6. The van der Waals surface area contributed by atoms with Crippen molar-refractivity contribution in [2.24, 2.45) is 0 Å². The summed E-state index contributed by atoms with van der Waals surface area (Å²) in [5.74, 6) is 1.35. The molecular weight excluding hydrogens is 333 g/mol. The molecule has 0 spiro atoms. The summed E-state index contributed by atoms with van der Waals surface area (Å²) < 4.78 is 13.2. The van der Waals surface area contributed by atoms with E-state index in [4.69, 9.17) is 0 Å². The highest BCUT2D eigenvalue weighted by Crippen LogP contribution is 2.25. The molecule has 7 heteroatoms. The Morgan fingerprint density at radius 1 is 1.31 bits per heavy atom. The van der Waals surface area contributed by atoms with Crippen molar-refractivity contribution in [3.8, 4) is 0 Å². The van der Waals surface area contributed by atoms with Crippen molar-refractivity contribution >= 4 is 11.6 Å². The minimum atomic E-state index is -0.233. The van der Waals surface area contributed by atoms with Crippen LogP contribution in [-0.2, 0) is 0 Å². The number of hydrogen-bond donors (Lipinski definition) is 2. The van der Waals surface area contributed by atoms with E-state index in [1.165, 1.54) is 12.1 Å². The van der Waals surface area contributed by atoms with Gasteiger partial charge in [-0.05, 0) is 44.6 Å². The molecule has 2 unspecified atom stereocenters. The molecule has 2 atom stereocenters. The lowest BCUT2D eigenvalue weighted by molar-refractivity contribution is 0.266. The molecule has 1 aromatic carbocycles. The Bertz CT molecular complexity index is 709. The predicted molar refractivity (Wildman–Crippen MR) is 101 cm³/mol. The van der Waals surface area contributed by atoms with Crippen LogP contribution in [0.2, 0.25) is 0 Å². The number of likely N-dealkylation sites (N-methyl/N-ethyl adjacent to an activating group) is 1. The monoisotopic (exact) mass is 359 g/mol. The third-order valence-electron chi connectivity index (χ3n) is 4.89. The SMILES string of the molecule is CN(C)C(CNc1cc(N2CCCC2CO)ncn1)c1ccc(F)cc1. The normalized spacial score (nSPS) is 18.3. The van der Waals surface area contributed by atoms with E-state index in [1.54, 1.807) is 6.33 Å². The predicted octanol–water partition coefficient (Wildman–Crippen LogP) is 2.29. The van der Waals surface area contributed by atoms with Crippen molar-refractivity contribution in [2.75, 3.05) is 44.0 Å². The van der Waals surface area contributed by atoms with Gasteiger partial charge in [-0.15, -0.1) is 0 Å². The van der Waals surface area contributed by atoms with E-state index in [-0.39, 0.29) is 24.5 Å². The molecule has 3 rings (SSSR count). The average molecular weight is 359 g/mol. The molecule has 1 aliphatic rings. The van der Waals surface area contributed by atoms with E-state index in [9.17, 15) is 9.50 Å². The first-order valence-electron chi connectivity index (χ1n) is 8.94. The zero-order chi connectivity index (χ0) is 18.5. The van der Waals surface area contributed by atoms with Gasteiger partial charge in [-0.25, -0.2) is 14.4 Å². The van der Waals surface area contributed by atoms with Crippen LogP contribution >= 0.6 is 0 Å². The molecule has 2 N–H and O–H groups in total. The largest absolute Gasteiger partial charge is 0.394 e. The lowest BCUT2D eigenvalue weighted by Gasteiger charge is -2.26. The van der Waals surface area contributed by atoms with Gasteiger partial charge in [0.25, 0.3) is 0 Å². The smallest absolute Gasteiger partial charge is 0.134 e. The van der Waals surface area contributed by atoms with Crippen molar-refractivity contribution < 1.29 is 9.50 Å². The molecule has 2 heterocycles. The lowest BCUT2D eigenvalue weighted by atomic mass is 10.1. The third-order valence-corrected chi connectivity index (χ3v) is 4.89. The molecule has 140 valence electrons. The Morgan fingerprint density at radius 3 is 2.77 bits per heavy atom. The van der Waals surface area contributed by atoms with Crippen molar-refractivity contribution in [3.63, 3.8) is 0 Å². The fraction of sp³-hybridized carbons (Fsp3) is 0.474. The van der Waals surface area contributed by atoms with Crippen molar-refractivity contribution in [1.82, 2.24) is 14.9 Å². The quantitative estimate of drug-likeness (QED) is 0.791. The molecule has 0 bridgehead atoms. The Hall–Kier alpha value is -2.25. The summed E-state index contributed by atoms with van der Waals surface area (Å²) in [5.41, 5.74) is 1.04.